The predicted molar refractivity (Wildman–Crippen MR) is 99.7 cm³/mol. The van der Waals surface area contributed by atoms with E-state index in [-0.39, 0.29) is 0 Å². The van der Waals surface area contributed by atoms with Gasteiger partial charge in [0.15, 0.2) is 0 Å². The molecule has 0 unspecified atom stereocenters. The van der Waals surface area contributed by atoms with E-state index in [1.165, 1.54) is 5.56 Å². The maximum absolute atomic E-state index is 4.39. The molecular formula is C20H19N5. The quantitative estimate of drug-likeness (QED) is 0.577. The number of aromatic nitrogens is 4. The van der Waals surface area contributed by atoms with E-state index in [2.05, 4.69) is 63.8 Å². The van der Waals surface area contributed by atoms with Crippen LogP contribution < -0.4 is 5.32 Å². The van der Waals surface area contributed by atoms with Crippen molar-refractivity contribution in [2.24, 2.45) is 0 Å². The summed E-state index contributed by atoms with van der Waals surface area (Å²) in [5.41, 5.74) is 6.54. The third-order valence-corrected chi connectivity index (χ3v) is 4.16. The Bertz CT molecular complexity index is 955. The molecule has 0 saturated carbocycles. The lowest BCUT2D eigenvalue weighted by molar-refractivity contribution is 0.981. The molecule has 5 heteroatoms. The molecular weight excluding hydrogens is 310 g/mol. The summed E-state index contributed by atoms with van der Waals surface area (Å²) >= 11 is 0. The van der Waals surface area contributed by atoms with E-state index in [4.69, 9.17) is 0 Å². The summed E-state index contributed by atoms with van der Waals surface area (Å²) in [6, 6.07) is 18.6. The Kier molecular flexibility index (Phi) is 4.04. The second-order valence-corrected chi connectivity index (χ2v) is 5.97. The van der Waals surface area contributed by atoms with E-state index in [1.54, 1.807) is 6.20 Å². The summed E-state index contributed by atoms with van der Waals surface area (Å²) in [4.78, 5) is 4.10. The van der Waals surface area contributed by atoms with Crippen LogP contribution in [0.1, 0.15) is 11.3 Å². The van der Waals surface area contributed by atoms with E-state index >= 15 is 0 Å². The van der Waals surface area contributed by atoms with E-state index in [0.717, 1.165) is 28.3 Å². The van der Waals surface area contributed by atoms with E-state index in [0.29, 0.717) is 6.54 Å². The lowest BCUT2D eigenvalue weighted by Crippen LogP contribution is -2.01. The van der Waals surface area contributed by atoms with E-state index in [1.807, 2.05) is 35.3 Å². The second kappa shape index (κ2) is 6.65. The minimum Gasteiger partial charge on any atom is -0.379 e. The molecule has 0 bridgehead atoms. The topological polar surface area (TPSA) is 58.5 Å². The fraction of sp³-hybridized carbons (Fsp3) is 0.100. The summed E-state index contributed by atoms with van der Waals surface area (Å²) in [6.07, 6.45) is 5.55. The summed E-state index contributed by atoms with van der Waals surface area (Å²) in [5.74, 6) is 0. The Morgan fingerprint density at radius 2 is 1.96 bits per heavy atom. The highest BCUT2D eigenvalue weighted by molar-refractivity contribution is 5.59. The Hall–Kier alpha value is -3.34. The molecule has 5 nitrogen and oxygen atoms in total. The Balaban J connectivity index is 1.45. The highest BCUT2D eigenvalue weighted by Gasteiger charge is 2.05. The molecule has 0 spiro atoms. The summed E-state index contributed by atoms with van der Waals surface area (Å²) < 4.78 is 2.01. The zero-order valence-corrected chi connectivity index (χ0v) is 14.0. The monoisotopic (exact) mass is 329 g/mol. The van der Waals surface area contributed by atoms with E-state index in [9.17, 15) is 0 Å². The van der Waals surface area contributed by atoms with Crippen molar-refractivity contribution in [1.82, 2.24) is 19.7 Å². The molecule has 0 atom stereocenters. The third kappa shape index (κ3) is 3.30. The fourth-order valence-corrected chi connectivity index (χ4v) is 2.86. The number of imidazole rings is 1. The lowest BCUT2D eigenvalue weighted by atomic mass is 10.1. The Labute approximate surface area is 146 Å². The van der Waals surface area contributed by atoms with Crippen molar-refractivity contribution < 1.29 is 0 Å². The number of aromatic amines is 1. The molecule has 0 aliphatic rings. The molecule has 2 N–H and O–H groups in total. The minimum absolute atomic E-state index is 0.698. The molecule has 0 radical (unpaired) electrons. The van der Waals surface area contributed by atoms with Crippen LogP contribution in [0.15, 0.2) is 73.3 Å². The highest BCUT2D eigenvalue weighted by Crippen LogP contribution is 2.20. The molecule has 2 heterocycles. The fourth-order valence-electron chi connectivity index (χ4n) is 2.86. The first-order chi connectivity index (χ1) is 12.3. The van der Waals surface area contributed by atoms with Crippen molar-refractivity contribution >= 4 is 5.69 Å². The Morgan fingerprint density at radius 3 is 2.72 bits per heavy atom. The number of hydrogen-bond donors (Lipinski definition) is 2. The zero-order valence-electron chi connectivity index (χ0n) is 14.0. The molecule has 0 aliphatic heterocycles. The van der Waals surface area contributed by atoms with Crippen molar-refractivity contribution in [3.05, 3.63) is 84.6 Å². The number of nitrogens with zero attached hydrogens (tertiary/aromatic N) is 3. The van der Waals surface area contributed by atoms with Crippen LogP contribution in [-0.2, 0) is 6.54 Å². The van der Waals surface area contributed by atoms with Gasteiger partial charge in [0.25, 0.3) is 0 Å². The van der Waals surface area contributed by atoms with Gasteiger partial charge in [-0.2, -0.15) is 5.10 Å². The van der Waals surface area contributed by atoms with Gasteiger partial charge in [-0.1, -0.05) is 30.3 Å². The molecule has 4 rings (SSSR count). The predicted octanol–water partition coefficient (Wildman–Crippen LogP) is 4.18. The molecule has 0 amide bonds. The molecule has 0 saturated heterocycles. The van der Waals surface area contributed by atoms with Crippen LogP contribution in [0.25, 0.3) is 16.9 Å². The zero-order chi connectivity index (χ0) is 17.1. The molecule has 4 aromatic rings. The molecule has 0 aliphatic carbocycles. The van der Waals surface area contributed by atoms with Gasteiger partial charge in [-0.3, -0.25) is 5.10 Å². The molecule has 124 valence electrons. The standard InChI is InChI=1S/C20H19N5/c1-15-11-17(7-8-20(15)25-10-9-21-14-25)22-13-18-12-19(24-23-18)16-5-3-2-4-6-16/h2-12,14,22H,13H2,1H3,(H,23,24). The SMILES string of the molecule is Cc1cc(NCc2cc(-c3ccccc3)n[nH]2)ccc1-n1ccnc1. The average Bonchev–Trinajstić information content (AvgIpc) is 3.33. The Morgan fingerprint density at radius 1 is 1.08 bits per heavy atom. The summed E-state index contributed by atoms with van der Waals surface area (Å²) in [7, 11) is 0. The number of anilines is 1. The number of hydrogen-bond acceptors (Lipinski definition) is 3. The summed E-state index contributed by atoms with van der Waals surface area (Å²) in [6.45, 7) is 2.80. The second-order valence-electron chi connectivity index (χ2n) is 5.97. The molecule has 25 heavy (non-hydrogen) atoms. The lowest BCUT2D eigenvalue weighted by Gasteiger charge is -2.10. The van der Waals surface area contributed by atoms with Gasteiger partial charge in [0, 0.05) is 29.3 Å². The van der Waals surface area contributed by atoms with Gasteiger partial charge >= 0.3 is 0 Å². The first-order valence-electron chi connectivity index (χ1n) is 8.22. The van der Waals surface area contributed by atoms with Gasteiger partial charge < -0.3 is 9.88 Å². The number of rotatable bonds is 5. The van der Waals surface area contributed by atoms with Crippen LogP contribution in [-0.4, -0.2) is 19.7 Å². The first kappa shape index (κ1) is 15.2. The van der Waals surface area contributed by atoms with Crippen molar-refractivity contribution in [2.75, 3.05) is 5.32 Å². The van der Waals surface area contributed by atoms with Crippen LogP contribution in [0.2, 0.25) is 0 Å². The first-order valence-corrected chi connectivity index (χ1v) is 8.22. The van der Waals surface area contributed by atoms with Crippen LogP contribution in [0.4, 0.5) is 5.69 Å². The van der Waals surface area contributed by atoms with Gasteiger partial charge in [-0.15, -0.1) is 0 Å². The van der Waals surface area contributed by atoms with Gasteiger partial charge in [0.2, 0.25) is 0 Å². The number of H-pyrrole nitrogens is 1. The van der Waals surface area contributed by atoms with Crippen LogP contribution in [0.5, 0.6) is 0 Å². The summed E-state index contributed by atoms with van der Waals surface area (Å²) in [5, 5.41) is 10.9. The normalized spacial score (nSPS) is 10.8. The van der Waals surface area contributed by atoms with Crippen molar-refractivity contribution in [3.8, 4) is 16.9 Å². The maximum atomic E-state index is 4.39. The van der Waals surface area contributed by atoms with Crippen LogP contribution >= 0.6 is 0 Å². The van der Waals surface area contributed by atoms with Crippen molar-refractivity contribution in [1.29, 1.82) is 0 Å². The highest BCUT2D eigenvalue weighted by atomic mass is 15.1. The van der Waals surface area contributed by atoms with Crippen molar-refractivity contribution in [2.45, 2.75) is 13.5 Å². The molecule has 0 fully saturated rings. The molecule has 2 aromatic carbocycles. The van der Waals surface area contributed by atoms with Crippen LogP contribution in [0.3, 0.4) is 0 Å². The van der Waals surface area contributed by atoms with E-state index < -0.39 is 0 Å². The van der Waals surface area contributed by atoms with Crippen LogP contribution in [0, 0.1) is 6.92 Å². The molecule has 2 aromatic heterocycles. The number of nitrogens with one attached hydrogen (secondary N) is 2. The minimum atomic E-state index is 0.698. The van der Waals surface area contributed by atoms with Gasteiger partial charge in [0.1, 0.15) is 0 Å². The van der Waals surface area contributed by atoms with Gasteiger partial charge in [-0.05, 0) is 36.8 Å². The average molecular weight is 329 g/mol. The van der Waals surface area contributed by atoms with Gasteiger partial charge in [-0.25, -0.2) is 4.98 Å². The van der Waals surface area contributed by atoms with Crippen molar-refractivity contribution in [3.63, 3.8) is 0 Å². The number of aryl methyl sites for hydroxylation is 1. The maximum Gasteiger partial charge on any atom is 0.0991 e. The smallest absolute Gasteiger partial charge is 0.0991 e. The number of benzene rings is 2. The van der Waals surface area contributed by atoms with Gasteiger partial charge in [0.05, 0.1) is 24.3 Å². The third-order valence-electron chi connectivity index (χ3n) is 4.16. The largest absolute Gasteiger partial charge is 0.379 e.